The van der Waals surface area contributed by atoms with Crippen molar-refractivity contribution in [3.8, 4) is 5.75 Å². The summed E-state index contributed by atoms with van der Waals surface area (Å²) in [5, 5.41) is 3.78. The van der Waals surface area contributed by atoms with Gasteiger partial charge in [-0.15, -0.1) is 0 Å². The van der Waals surface area contributed by atoms with Crippen LogP contribution in [0.2, 0.25) is 0 Å². The van der Waals surface area contributed by atoms with Crippen LogP contribution in [0.3, 0.4) is 0 Å². The van der Waals surface area contributed by atoms with E-state index in [0.29, 0.717) is 17.3 Å². The number of carbonyl (C=O) groups is 1. The number of hydrazone groups is 1. The number of aryl methyl sites for hydroxylation is 1. The molecule has 0 aliphatic carbocycles. The molecule has 2 rings (SSSR count). The highest BCUT2D eigenvalue weighted by Gasteiger charge is 2.23. The predicted octanol–water partition coefficient (Wildman–Crippen LogP) is 2.28. The van der Waals surface area contributed by atoms with Gasteiger partial charge in [0.15, 0.2) is 0 Å². The fourth-order valence-electron chi connectivity index (χ4n) is 2.10. The molecule has 0 fully saturated rings. The van der Waals surface area contributed by atoms with E-state index < -0.39 is 22.5 Å². The molecule has 140 valence electrons. The average molecular weight is 444 g/mol. The van der Waals surface area contributed by atoms with Gasteiger partial charge in [-0.1, -0.05) is 12.1 Å². The van der Waals surface area contributed by atoms with E-state index in [9.17, 15) is 13.2 Å². The normalized spacial score (nSPS) is 11.5. The predicted molar refractivity (Wildman–Crippen MR) is 102 cm³/mol. The largest absolute Gasteiger partial charge is 0.495 e. The topological polar surface area (TPSA) is 101 Å². The van der Waals surface area contributed by atoms with Crippen LogP contribution in [0, 0.1) is 6.92 Å². The molecule has 0 bridgehead atoms. The number of nitrogens with one attached hydrogen (secondary N) is 1. The van der Waals surface area contributed by atoms with Gasteiger partial charge < -0.3 is 9.15 Å². The molecule has 1 N–H and O–H groups in total. The van der Waals surface area contributed by atoms with E-state index in [1.807, 2.05) is 0 Å². The van der Waals surface area contributed by atoms with Gasteiger partial charge in [0.25, 0.3) is 5.91 Å². The molecule has 8 nitrogen and oxygen atoms in total. The number of methoxy groups -OCH3 is 1. The van der Waals surface area contributed by atoms with Gasteiger partial charge in [0.05, 0.1) is 29.7 Å². The number of amides is 1. The lowest BCUT2D eigenvalue weighted by molar-refractivity contribution is -0.119. The quantitative estimate of drug-likeness (QED) is 0.522. The molecule has 1 heterocycles. The Labute approximate surface area is 160 Å². The second kappa shape index (κ2) is 8.37. The first kappa shape index (κ1) is 20.0. The summed E-state index contributed by atoms with van der Waals surface area (Å²) in [6.07, 6.45) is 2.34. The maximum atomic E-state index is 12.1. The molecule has 1 aromatic heterocycles. The van der Waals surface area contributed by atoms with Crippen molar-refractivity contribution >= 4 is 43.8 Å². The van der Waals surface area contributed by atoms with Gasteiger partial charge in [0, 0.05) is 6.07 Å². The van der Waals surface area contributed by atoms with Crippen molar-refractivity contribution in [2.24, 2.45) is 5.10 Å². The van der Waals surface area contributed by atoms with Gasteiger partial charge in [0.1, 0.15) is 23.8 Å². The van der Waals surface area contributed by atoms with Crippen molar-refractivity contribution in [3.63, 3.8) is 0 Å². The minimum absolute atomic E-state index is 0.266. The first-order valence-corrected chi connectivity index (χ1v) is 10.0. The number of anilines is 1. The maximum Gasteiger partial charge on any atom is 0.260 e. The van der Waals surface area contributed by atoms with Crippen LogP contribution in [-0.4, -0.2) is 40.4 Å². The maximum absolute atomic E-state index is 12.1. The minimum atomic E-state index is -3.71. The summed E-state index contributed by atoms with van der Waals surface area (Å²) in [4.78, 5) is 12.1. The number of rotatable bonds is 7. The van der Waals surface area contributed by atoms with Gasteiger partial charge >= 0.3 is 0 Å². The summed E-state index contributed by atoms with van der Waals surface area (Å²) < 4.78 is 36.5. The lowest BCUT2D eigenvalue weighted by atomic mass is 10.3. The van der Waals surface area contributed by atoms with Gasteiger partial charge in [-0.05, 0) is 35.0 Å². The lowest BCUT2D eigenvalue weighted by Crippen LogP contribution is -2.39. The number of benzene rings is 1. The Balaban J connectivity index is 2.12. The van der Waals surface area contributed by atoms with E-state index in [1.54, 1.807) is 37.3 Å². The lowest BCUT2D eigenvalue weighted by Gasteiger charge is -2.23. The Hall–Kier alpha value is -2.33. The van der Waals surface area contributed by atoms with E-state index >= 15 is 0 Å². The molecule has 0 unspecified atom stereocenters. The molecule has 0 aliphatic heterocycles. The zero-order valence-electron chi connectivity index (χ0n) is 14.4. The molecule has 0 spiro atoms. The van der Waals surface area contributed by atoms with E-state index in [4.69, 9.17) is 9.15 Å². The van der Waals surface area contributed by atoms with E-state index in [1.165, 1.54) is 13.3 Å². The molecule has 0 saturated heterocycles. The summed E-state index contributed by atoms with van der Waals surface area (Å²) in [6.45, 7) is 1.33. The smallest absolute Gasteiger partial charge is 0.260 e. The number of sulfonamides is 1. The third-order valence-corrected chi connectivity index (χ3v) is 5.21. The third kappa shape index (κ3) is 5.09. The van der Waals surface area contributed by atoms with E-state index in [2.05, 4.69) is 26.5 Å². The van der Waals surface area contributed by atoms with Gasteiger partial charge in [-0.2, -0.15) is 5.10 Å². The first-order valence-electron chi connectivity index (χ1n) is 7.41. The fourth-order valence-corrected chi connectivity index (χ4v) is 3.26. The van der Waals surface area contributed by atoms with Crippen LogP contribution >= 0.6 is 15.9 Å². The fraction of sp³-hybridized carbons (Fsp3) is 0.250. The van der Waals surface area contributed by atoms with Crippen molar-refractivity contribution in [1.29, 1.82) is 0 Å². The second-order valence-electron chi connectivity index (χ2n) is 5.29. The van der Waals surface area contributed by atoms with Crippen molar-refractivity contribution in [3.05, 3.63) is 46.3 Å². The summed E-state index contributed by atoms with van der Waals surface area (Å²) in [5.41, 5.74) is 2.54. The number of ether oxygens (including phenoxy) is 1. The minimum Gasteiger partial charge on any atom is -0.495 e. The molecular formula is C16H18BrN3O5S. The number of hydrogen-bond donors (Lipinski definition) is 1. The number of nitrogens with zero attached hydrogens (tertiary/aromatic N) is 2. The first-order chi connectivity index (χ1) is 12.2. The Morgan fingerprint density at radius 1 is 1.42 bits per heavy atom. The van der Waals surface area contributed by atoms with Gasteiger partial charge in [-0.25, -0.2) is 13.8 Å². The number of furan rings is 1. The standard InChI is InChI=1S/C16H18BrN3O5S/c1-11-13(17)8-12(25-11)9-18-19-16(21)10-20(26(3,22)23)14-6-4-5-7-15(14)24-2/h4-9H,10H2,1-3H3,(H,19,21)/b18-9-. The summed E-state index contributed by atoms with van der Waals surface area (Å²) >= 11 is 3.30. The van der Waals surface area contributed by atoms with Crippen LogP contribution in [0.4, 0.5) is 5.69 Å². The number of hydrogen-bond acceptors (Lipinski definition) is 6. The molecule has 0 saturated carbocycles. The average Bonchev–Trinajstić information content (AvgIpc) is 2.89. The Morgan fingerprint density at radius 2 is 2.12 bits per heavy atom. The van der Waals surface area contributed by atoms with E-state index in [0.717, 1.165) is 15.0 Å². The molecule has 26 heavy (non-hydrogen) atoms. The van der Waals surface area contributed by atoms with Gasteiger partial charge in [-0.3, -0.25) is 9.10 Å². The number of halogens is 1. The van der Waals surface area contributed by atoms with Crippen LogP contribution in [-0.2, 0) is 14.8 Å². The Kier molecular flexibility index (Phi) is 6.43. The van der Waals surface area contributed by atoms with Crippen molar-refractivity contribution in [1.82, 2.24) is 5.43 Å². The monoisotopic (exact) mass is 443 g/mol. The summed E-state index contributed by atoms with van der Waals surface area (Å²) in [6, 6.07) is 8.22. The zero-order valence-corrected chi connectivity index (χ0v) is 16.8. The van der Waals surface area contributed by atoms with Crippen LogP contribution in [0.5, 0.6) is 5.75 Å². The van der Waals surface area contributed by atoms with Crippen molar-refractivity contribution in [2.75, 3.05) is 24.2 Å². The SMILES string of the molecule is COc1ccccc1N(CC(=O)N/N=C\c1cc(Br)c(C)o1)S(C)(=O)=O. The highest BCUT2D eigenvalue weighted by molar-refractivity contribution is 9.10. The number of para-hydroxylation sites is 2. The van der Waals surface area contributed by atoms with Crippen LogP contribution in [0.15, 0.2) is 44.3 Å². The van der Waals surface area contributed by atoms with Crippen LogP contribution in [0.1, 0.15) is 11.5 Å². The number of carbonyl (C=O) groups excluding carboxylic acids is 1. The molecule has 0 atom stereocenters. The molecule has 1 aromatic carbocycles. The van der Waals surface area contributed by atoms with Crippen molar-refractivity contribution in [2.45, 2.75) is 6.92 Å². The van der Waals surface area contributed by atoms with E-state index in [-0.39, 0.29) is 5.69 Å². The van der Waals surface area contributed by atoms with Crippen molar-refractivity contribution < 1.29 is 22.4 Å². The highest BCUT2D eigenvalue weighted by Crippen LogP contribution is 2.29. The molecular weight excluding hydrogens is 426 g/mol. The van der Waals surface area contributed by atoms with Crippen LogP contribution < -0.4 is 14.5 Å². The van der Waals surface area contributed by atoms with Gasteiger partial charge in [0.2, 0.25) is 10.0 Å². The molecule has 0 radical (unpaired) electrons. The molecule has 2 aromatic rings. The Bertz CT molecular complexity index is 904. The molecule has 0 aliphatic rings. The Morgan fingerprint density at radius 3 is 2.69 bits per heavy atom. The van der Waals surface area contributed by atoms with Crippen LogP contribution in [0.25, 0.3) is 0 Å². The highest BCUT2D eigenvalue weighted by atomic mass is 79.9. The zero-order chi connectivity index (χ0) is 19.3. The molecule has 10 heteroatoms. The summed E-state index contributed by atoms with van der Waals surface area (Å²) in [5.74, 6) is 0.849. The third-order valence-electron chi connectivity index (χ3n) is 3.30. The summed E-state index contributed by atoms with van der Waals surface area (Å²) in [7, 11) is -2.29. The molecule has 1 amide bonds. The second-order valence-corrected chi connectivity index (χ2v) is 8.05.